The van der Waals surface area contributed by atoms with Crippen molar-refractivity contribution in [3.63, 3.8) is 0 Å². The maximum Gasteiger partial charge on any atom is 0.271 e. The summed E-state index contributed by atoms with van der Waals surface area (Å²) in [6.07, 6.45) is 3.65. The van der Waals surface area contributed by atoms with Crippen LogP contribution in [0.15, 0.2) is 106 Å². The first-order valence-electron chi connectivity index (χ1n) is 13.5. The van der Waals surface area contributed by atoms with Crippen molar-refractivity contribution in [2.45, 2.75) is 25.5 Å². The zero-order chi connectivity index (χ0) is 28.8. The highest BCUT2D eigenvalue weighted by Gasteiger charge is 2.32. The Balaban J connectivity index is 1.30. The zero-order valence-electron chi connectivity index (χ0n) is 22.2. The molecule has 1 aliphatic heterocycles. The van der Waals surface area contributed by atoms with E-state index in [0.29, 0.717) is 36.8 Å². The quantitative estimate of drug-likeness (QED) is 0.199. The summed E-state index contributed by atoms with van der Waals surface area (Å²) in [5, 5.41) is 1.80. The summed E-state index contributed by atoms with van der Waals surface area (Å²) in [4.78, 5) is 19.8. The first-order valence-corrected chi connectivity index (χ1v) is 15.4. The Kier molecular flexibility index (Phi) is 7.28. The van der Waals surface area contributed by atoms with Gasteiger partial charge in [-0.05, 0) is 77.6 Å². The summed E-state index contributed by atoms with van der Waals surface area (Å²) in [6.45, 7) is 0.301. The van der Waals surface area contributed by atoms with E-state index in [9.17, 15) is 4.79 Å². The second kappa shape index (κ2) is 11.2. The van der Waals surface area contributed by atoms with E-state index in [1.807, 2.05) is 71.3 Å². The van der Waals surface area contributed by atoms with Crippen molar-refractivity contribution in [3.8, 4) is 5.75 Å². The third-order valence-electron chi connectivity index (χ3n) is 7.62. The summed E-state index contributed by atoms with van der Waals surface area (Å²) < 4.78 is 8.47. The number of aromatic nitrogens is 1. The third-order valence-corrected chi connectivity index (χ3v) is 9.45. The lowest BCUT2D eigenvalue weighted by Crippen LogP contribution is -2.38. The standard InChI is InChI=1S/C34H23Cl3N2O2S/c35-24-12-8-22(9-13-24)32-28-15-11-21-5-1-2-7-27(21)31(28)38-34-39(32)33(40)30(42-34)17-20-4-3-6-26(16-20)41-19-23-10-14-25(36)18-29(23)37/h1-10,12-14,16-18,32H,11,15,19H2/b30-17+/t32-/m1/s1. The van der Waals surface area contributed by atoms with Gasteiger partial charge < -0.3 is 4.74 Å². The molecule has 4 nitrogen and oxygen atoms in total. The van der Waals surface area contributed by atoms with Crippen molar-refractivity contribution in [1.82, 2.24) is 4.57 Å². The van der Waals surface area contributed by atoms with Crippen LogP contribution >= 0.6 is 46.1 Å². The highest BCUT2D eigenvalue weighted by molar-refractivity contribution is 7.07. The summed E-state index contributed by atoms with van der Waals surface area (Å²) in [7, 11) is 0. The fraction of sp³-hybridized carbons (Fsp3) is 0.118. The Morgan fingerprint density at radius 1 is 0.905 bits per heavy atom. The Hall–Kier alpha value is -3.61. The molecule has 42 heavy (non-hydrogen) atoms. The summed E-state index contributed by atoms with van der Waals surface area (Å²) >= 11 is 20.0. The van der Waals surface area contributed by atoms with Gasteiger partial charge in [-0.2, -0.15) is 0 Å². The molecule has 2 heterocycles. The van der Waals surface area contributed by atoms with Crippen molar-refractivity contribution in [2.24, 2.45) is 4.99 Å². The number of aryl methyl sites for hydroxylation is 1. The van der Waals surface area contributed by atoms with E-state index < -0.39 is 0 Å². The van der Waals surface area contributed by atoms with Gasteiger partial charge >= 0.3 is 0 Å². The first kappa shape index (κ1) is 27.2. The van der Waals surface area contributed by atoms with Crippen LogP contribution in [0.25, 0.3) is 11.8 Å². The largest absolute Gasteiger partial charge is 0.489 e. The molecule has 4 aromatic carbocycles. The van der Waals surface area contributed by atoms with Crippen LogP contribution in [0.1, 0.15) is 40.3 Å². The Morgan fingerprint density at radius 2 is 1.71 bits per heavy atom. The van der Waals surface area contributed by atoms with Crippen LogP contribution in [0.2, 0.25) is 15.1 Å². The van der Waals surface area contributed by atoms with Crippen LogP contribution in [0, 0.1) is 0 Å². The van der Waals surface area contributed by atoms with Crippen LogP contribution in [-0.4, -0.2) is 4.57 Å². The number of nitrogens with zero attached hydrogens (tertiary/aromatic N) is 2. The van der Waals surface area contributed by atoms with Gasteiger partial charge in [-0.15, -0.1) is 0 Å². The van der Waals surface area contributed by atoms with E-state index in [2.05, 4.69) is 18.2 Å². The molecule has 0 radical (unpaired) electrons. The van der Waals surface area contributed by atoms with Crippen molar-refractivity contribution >= 4 is 57.9 Å². The highest BCUT2D eigenvalue weighted by Crippen LogP contribution is 2.41. The molecule has 7 rings (SSSR count). The second-order valence-electron chi connectivity index (χ2n) is 10.3. The van der Waals surface area contributed by atoms with Crippen LogP contribution in [0.3, 0.4) is 0 Å². The van der Waals surface area contributed by atoms with Gasteiger partial charge in [-0.3, -0.25) is 9.36 Å². The maximum atomic E-state index is 14.0. The molecule has 0 saturated carbocycles. The average molecular weight is 630 g/mol. The van der Waals surface area contributed by atoms with Crippen LogP contribution in [0.4, 0.5) is 0 Å². The number of hydrogen-bond acceptors (Lipinski definition) is 4. The first-order chi connectivity index (χ1) is 20.4. The maximum absolute atomic E-state index is 14.0. The zero-order valence-corrected chi connectivity index (χ0v) is 25.3. The molecule has 8 heteroatoms. The number of rotatable bonds is 5. The Bertz CT molecular complexity index is 2060. The van der Waals surface area contributed by atoms with E-state index in [1.54, 1.807) is 12.1 Å². The van der Waals surface area contributed by atoms with Gasteiger partial charge in [0.15, 0.2) is 4.80 Å². The highest BCUT2D eigenvalue weighted by atomic mass is 35.5. The normalized spacial score (nSPS) is 16.0. The SMILES string of the molecule is O=c1/c(=C\c2cccc(OCc3ccc(Cl)cc3Cl)c2)sc2n1[C@H](c1ccc(Cl)cc1)C1=C(N=2)c2ccccc2CC1. The summed E-state index contributed by atoms with van der Waals surface area (Å²) in [5.41, 5.74) is 7.21. The topological polar surface area (TPSA) is 43.6 Å². The summed E-state index contributed by atoms with van der Waals surface area (Å²) in [6, 6.07) is 28.9. The van der Waals surface area contributed by atoms with Crippen molar-refractivity contribution < 1.29 is 4.74 Å². The molecule has 0 N–H and O–H groups in total. The predicted octanol–water partition coefficient (Wildman–Crippen LogP) is 7.86. The molecule has 1 aliphatic carbocycles. The van der Waals surface area contributed by atoms with Crippen molar-refractivity contribution in [2.75, 3.05) is 0 Å². The van der Waals surface area contributed by atoms with Gasteiger partial charge in [-0.25, -0.2) is 4.99 Å². The number of halogens is 3. The van der Waals surface area contributed by atoms with E-state index in [4.69, 9.17) is 44.5 Å². The van der Waals surface area contributed by atoms with E-state index in [-0.39, 0.29) is 11.6 Å². The predicted molar refractivity (Wildman–Crippen MR) is 171 cm³/mol. The minimum absolute atomic E-state index is 0.0663. The number of allylic oxidation sites excluding steroid dienone is 1. The summed E-state index contributed by atoms with van der Waals surface area (Å²) in [5.74, 6) is 0.675. The molecular weight excluding hydrogens is 607 g/mol. The fourth-order valence-electron chi connectivity index (χ4n) is 5.61. The molecule has 0 saturated heterocycles. The molecule has 1 aromatic heterocycles. The number of thiazole rings is 1. The minimum Gasteiger partial charge on any atom is -0.489 e. The molecule has 0 unspecified atom stereocenters. The monoisotopic (exact) mass is 628 g/mol. The lowest BCUT2D eigenvalue weighted by molar-refractivity contribution is 0.306. The van der Waals surface area contributed by atoms with Crippen molar-refractivity contribution in [1.29, 1.82) is 0 Å². The van der Waals surface area contributed by atoms with E-state index in [0.717, 1.165) is 46.4 Å². The Labute approximate surface area is 261 Å². The number of benzene rings is 4. The van der Waals surface area contributed by atoms with Gasteiger partial charge in [0.2, 0.25) is 0 Å². The molecule has 208 valence electrons. The number of fused-ring (bicyclic) bond motifs is 3. The number of ether oxygens (including phenoxy) is 1. The average Bonchev–Trinajstić information content (AvgIpc) is 3.30. The van der Waals surface area contributed by atoms with Gasteiger partial charge in [0, 0.05) is 26.2 Å². The Morgan fingerprint density at radius 3 is 2.55 bits per heavy atom. The van der Waals surface area contributed by atoms with Crippen molar-refractivity contribution in [3.05, 3.63) is 159 Å². The molecule has 1 atom stereocenters. The van der Waals surface area contributed by atoms with Crippen LogP contribution in [-0.2, 0) is 13.0 Å². The van der Waals surface area contributed by atoms with Gasteiger partial charge in [0.05, 0.1) is 16.3 Å². The number of hydrogen-bond donors (Lipinski definition) is 0. The molecule has 2 aliphatic rings. The van der Waals surface area contributed by atoms with Gasteiger partial charge in [0.1, 0.15) is 12.4 Å². The molecule has 0 fully saturated rings. The molecular formula is C34H23Cl3N2O2S. The molecule has 0 bridgehead atoms. The molecule has 0 amide bonds. The van der Waals surface area contributed by atoms with Crippen LogP contribution in [0.5, 0.6) is 5.75 Å². The van der Waals surface area contributed by atoms with Gasteiger partial charge in [-0.1, -0.05) is 101 Å². The third kappa shape index (κ3) is 5.12. The lowest BCUT2D eigenvalue weighted by atomic mass is 9.83. The second-order valence-corrected chi connectivity index (χ2v) is 12.6. The fourth-order valence-corrected chi connectivity index (χ4v) is 7.20. The van der Waals surface area contributed by atoms with Gasteiger partial charge in [0.25, 0.3) is 5.56 Å². The van der Waals surface area contributed by atoms with Crippen LogP contribution < -0.4 is 19.6 Å². The van der Waals surface area contributed by atoms with E-state index in [1.165, 1.54) is 16.9 Å². The van der Waals surface area contributed by atoms with E-state index >= 15 is 0 Å². The smallest absolute Gasteiger partial charge is 0.271 e. The minimum atomic E-state index is -0.247. The lowest BCUT2D eigenvalue weighted by Gasteiger charge is -2.30. The molecule has 5 aromatic rings. The molecule has 0 spiro atoms.